The van der Waals surface area contributed by atoms with Crippen molar-refractivity contribution in [3.63, 3.8) is 0 Å². The minimum Gasteiger partial charge on any atom is -0.388 e. The van der Waals surface area contributed by atoms with Crippen LogP contribution in [0, 0.1) is 0 Å². The Kier molecular flexibility index (Phi) is 9.49. The summed E-state index contributed by atoms with van der Waals surface area (Å²) >= 11 is 0. The molecule has 0 bridgehead atoms. The van der Waals surface area contributed by atoms with Crippen molar-refractivity contribution in [2.45, 2.75) is 0 Å². The van der Waals surface area contributed by atoms with Gasteiger partial charge in [0.05, 0.1) is 0 Å². The minimum atomic E-state index is 0.0417. The molecule has 1 aromatic rings. The van der Waals surface area contributed by atoms with Gasteiger partial charge in [0.25, 0.3) is 0 Å². The van der Waals surface area contributed by atoms with E-state index in [0.29, 0.717) is 0 Å². The number of hydrogen-bond acceptors (Lipinski definition) is 8. The molecule has 0 spiro atoms. The first-order valence-electron chi connectivity index (χ1n) is 3.31. The maximum atomic E-state index is 8.00. The van der Waals surface area contributed by atoms with Gasteiger partial charge in [0, 0.05) is 14.2 Å². The minimum absolute atomic E-state index is 0.0417. The molecule has 1 heterocycles. The van der Waals surface area contributed by atoms with Gasteiger partial charge in [-0.15, -0.1) is 0 Å². The van der Waals surface area contributed by atoms with Gasteiger partial charge in [-0.25, -0.2) is 0 Å². The van der Waals surface area contributed by atoms with E-state index in [2.05, 4.69) is 19.7 Å². The summed E-state index contributed by atoms with van der Waals surface area (Å²) in [6.45, 7) is 2.00. The Bertz CT molecular complexity index is 206. The molecular weight excluding hydrogens is 188 g/mol. The Labute approximate surface area is 81.5 Å². The van der Waals surface area contributed by atoms with E-state index in [0.717, 1.165) is 0 Å². The van der Waals surface area contributed by atoms with E-state index in [9.17, 15) is 0 Å². The van der Waals surface area contributed by atoms with Crippen molar-refractivity contribution in [3.8, 4) is 0 Å². The van der Waals surface area contributed by atoms with Gasteiger partial charge in [-0.3, -0.25) is 0 Å². The van der Waals surface area contributed by atoms with Crippen molar-refractivity contribution in [2.75, 3.05) is 31.4 Å². The highest BCUT2D eigenvalue weighted by Gasteiger charge is 1.93. The molecule has 80 valence electrons. The number of hydrogen-bond donors (Lipinski definition) is 3. The number of rotatable bonds is 0. The molecule has 6 N–H and O–H groups in total. The third-order valence-corrected chi connectivity index (χ3v) is 0.687. The van der Waals surface area contributed by atoms with Crippen molar-refractivity contribution < 1.29 is 9.53 Å². The van der Waals surface area contributed by atoms with E-state index < -0.39 is 0 Å². The lowest BCUT2D eigenvalue weighted by Crippen LogP contribution is -2.05. The zero-order chi connectivity index (χ0) is 11.6. The molecule has 0 saturated carbocycles. The van der Waals surface area contributed by atoms with Crippen LogP contribution in [0.15, 0.2) is 0 Å². The van der Waals surface area contributed by atoms with E-state index in [1.807, 2.05) is 6.79 Å². The smallest absolute Gasteiger partial charge is 0.226 e. The largest absolute Gasteiger partial charge is 0.388 e. The first-order chi connectivity index (χ1) is 6.60. The first-order valence-corrected chi connectivity index (χ1v) is 3.31. The SMILES string of the molecule is C=O.COC.Nc1nc(N)nc(N)n1. The van der Waals surface area contributed by atoms with Crippen LogP contribution in [0.4, 0.5) is 17.8 Å². The normalized spacial score (nSPS) is 7.57. The molecule has 0 aliphatic heterocycles. The maximum absolute atomic E-state index is 8.00. The highest BCUT2D eigenvalue weighted by Crippen LogP contribution is 1.97. The zero-order valence-electron chi connectivity index (χ0n) is 8.10. The molecule has 14 heavy (non-hydrogen) atoms. The van der Waals surface area contributed by atoms with Crippen molar-refractivity contribution in [1.29, 1.82) is 0 Å². The lowest BCUT2D eigenvalue weighted by Gasteiger charge is -1.93. The summed E-state index contributed by atoms with van der Waals surface area (Å²) in [6.07, 6.45) is 0. The Morgan fingerprint density at radius 2 is 1.07 bits per heavy atom. The summed E-state index contributed by atoms with van der Waals surface area (Å²) in [6, 6.07) is 0. The summed E-state index contributed by atoms with van der Waals surface area (Å²) in [5, 5.41) is 0. The third-order valence-electron chi connectivity index (χ3n) is 0.687. The summed E-state index contributed by atoms with van der Waals surface area (Å²) in [5.41, 5.74) is 15.4. The van der Waals surface area contributed by atoms with E-state index in [1.54, 1.807) is 14.2 Å². The van der Waals surface area contributed by atoms with Crippen molar-refractivity contribution in [3.05, 3.63) is 0 Å². The zero-order valence-corrected chi connectivity index (χ0v) is 8.10. The summed E-state index contributed by atoms with van der Waals surface area (Å²) in [4.78, 5) is 18.5. The fourth-order valence-corrected chi connectivity index (χ4v) is 0.427. The standard InChI is InChI=1S/C3H6N6.C2H6O.CH2O/c4-1-7-2(5)9-3(6)8-1;1-3-2;1-2/h(H6,4,5,6,7,8,9);1-2H3;1H2. The van der Waals surface area contributed by atoms with Crippen LogP contribution >= 0.6 is 0 Å². The molecule has 0 unspecified atom stereocenters. The number of carbonyl (C=O) groups excluding carboxylic acids is 1. The van der Waals surface area contributed by atoms with Crippen LogP contribution in [-0.4, -0.2) is 36.0 Å². The molecule has 0 aliphatic carbocycles. The van der Waals surface area contributed by atoms with E-state index in [4.69, 9.17) is 22.0 Å². The van der Waals surface area contributed by atoms with Gasteiger partial charge in [-0.1, -0.05) is 0 Å². The third kappa shape index (κ3) is 8.14. The van der Waals surface area contributed by atoms with Crippen molar-refractivity contribution >= 4 is 24.6 Å². The van der Waals surface area contributed by atoms with Crippen molar-refractivity contribution in [1.82, 2.24) is 15.0 Å². The van der Waals surface area contributed by atoms with Crippen LogP contribution in [0.1, 0.15) is 0 Å². The van der Waals surface area contributed by atoms with Crippen molar-refractivity contribution in [2.24, 2.45) is 0 Å². The predicted octanol–water partition coefficient (Wildman–Crippen LogP) is -1.30. The summed E-state index contributed by atoms with van der Waals surface area (Å²) in [5.74, 6) is 0.125. The molecule has 0 fully saturated rings. The fraction of sp³-hybridized carbons (Fsp3) is 0.333. The Balaban J connectivity index is 0. The molecule has 1 aromatic heterocycles. The number of ether oxygens (including phenoxy) is 1. The van der Waals surface area contributed by atoms with E-state index in [1.165, 1.54) is 0 Å². The lowest BCUT2D eigenvalue weighted by atomic mass is 10.9. The van der Waals surface area contributed by atoms with Gasteiger partial charge in [0.2, 0.25) is 17.8 Å². The second-order valence-corrected chi connectivity index (χ2v) is 1.82. The molecular formula is C6H14N6O2. The average molecular weight is 202 g/mol. The second-order valence-electron chi connectivity index (χ2n) is 1.82. The highest BCUT2D eigenvalue weighted by atomic mass is 16.4. The van der Waals surface area contributed by atoms with Gasteiger partial charge in [-0.2, -0.15) is 15.0 Å². The monoisotopic (exact) mass is 202 g/mol. The molecule has 1 rings (SSSR count). The number of anilines is 3. The molecule has 0 aliphatic rings. The van der Waals surface area contributed by atoms with E-state index in [-0.39, 0.29) is 17.8 Å². The van der Waals surface area contributed by atoms with Crippen LogP contribution in [0.3, 0.4) is 0 Å². The van der Waals surface area contributed by atoms with Gasteiger partial charge >= 0.3 is 0 Å². The van der Waals surface area contributed by atoms with Crippen LogP contribution in [0.25, 0.3) is 0 Å². The Morgan fingerprint density at radius 3 is 1.21 bits per heavy atom. The molecule has 0 amide bonds. The van der Waals surface area contributed by atoms with Gasteiger partial charge < -0.3 is 26.7 Å². The van der Waals surface area contributed by atoms with Gasteiger partial charge in [0.1, 0.15) is 6.79 Å². The highest BCUT2D eigenvalue weighted by molar-refractivity contribution is 5.33. The number of methoxy groups -OCH3 is 1. The average Bonchev–Trinajstić information content (AvgIpc) is 2.06. The van der Waals surface area contributed by atoms with Crippen LogP contribution in [0.2, 0.25) is 0 Å². The number of nitrogen functional groups attached to an aromatic ring is 3. The molecule has 8 nitrogen and oxygen atoms in total. The molecule has 0 atom stereocenters. The quantitative estimate of drug-likeness (QED) is 0.470. The Morgan fingerprint density at radius 1 is 0.929 bits per heavy atom. The summed E-state index contributed by atoms with van der Waals surface area (Å²) in [7, 11) is 3.25. The topological polar surface area (TPSA) is 143 Å². The Hall–Kier alpha value is -1.96. The molecule has 0 saturated heterocycles. The number of nitrogens with zero attached hydrogens (tertiary/aromatic N) is 3. The van der Waals surface area contributed by atoms with Gasteiger partial charge in [0.15, 0.2) is 0 Å². The first kappa shape index (κ1) is 14.6. The van der Waals surface area contributed by atoms with Crippen LogP contribution in [-0.2, 0) is 9.53 Å². The lowest BCUT2D eigenvalue weighted by molar-refractivity contribution is -0.0979. The van der Waals surface area contributed by atoms with Gasteiger partial charge in [-0.05, 0) is 0 Å². The maximum Gasteiger partial charge on any atom is 0.226 e. The number of nitrogens with two attached hydrogens (primary N) is 3. The fourth-order valence-electron chi connectivity index (χ4n) is 0.427. The molecule has 0 radical (unpaired) electrons. The summed E-state index contributed by atoms with van der Waals surface area (Å²) < 4.78 is 4.25. The number of aromatic nitrogens is 3. The molecule has 0 aromatic carbocycles. The molecule has 8 heteroatoms. The van der Waals surface area contributed by atoms with Crippen LogP contribution in [0.5, 0.6) is 0 Å². The predicted molar refractivity (Wildman–Crippen MR) is 53.1 cm³/mol. The van der Waals surface area contributed by atoms with Crippen LogP contribution < -0.4 is 17.2 Å². The van der Waals surface area contributed by atoms with E-state index >= 15 is 0 Å². The second kappa shape index (κ2) is 9.13. The number of carbonyl (C=O) groups is 1.